The highest BCUT2D eigenvalue weighted by Gasteiger charge is 2.26. The highest BCUT2D eigenvalue weighted by molar-refractivity contribution is 5.75. The van der Waals surface area contributed by atoms with E-state index in [0.29, 0.717) is 36.0 Å². The molecule has 4 rings (SSSR count). The fourth-order valence-electron chi connectivity index (χ4n) is 3.80. The Morgan fingerprint density at radius 3 is 2.86 bits per heavy atom. The van der Waals surface area contributed by atoms with Gasteiger partial charge in [-0.05, 0) is 31.9 Å². The SMILES string of the molecule is CC#CCn1c(N2CCC[C@@H](N)C2)nc2c1c(=O)n(Cc1ccco1)c(=O)n2C. The van der Waals surface area contributed by atoms with E-state index >= 15 is 0 Å². The first-order valence-corrected chi connectivity index (χ1v) is 9.63. The molecule has 3 aromatic rings. The molecule has 0 spiro atoms. The maximum atomic E-state index is 13.3. The molecule has 0 amide bonds. The number of hydrogen-bond acceptors (Lipinski definition) is 6. The molecule has 0 bridgehead atoms. The average Bonchev–Trinajstić information content (AvgIpc) is 3.36. The Kier molecular flexibility index (Phi) is 5.03. The Morgan fingerprint density at radius 1 is 1.34 bits per heavy atom. The Bertz CT molecular complexity index is 1210. The van der Waals surface area contributed by atoms with Gasteiger partial charge in [0.1, 0.15) is 5.76 Å². The lowest BCUT2D eigenvalue weighted by Crippen LogP contribution is -2.44. The van der Waals surface area contributed by atoms with E-state index < -0.39 is 11.2 Å². The molecule has 9 heteroatoms. The molecule has 0 aliphatic carbocycles. The van der Waals surface area contributed by atoms with E-state index in [4.69, 9.17) is 10.2 Å². The van der Waals surface area contributed by atoms with Crippen LogP contribution in [0.1, 0.15) is 25.5 Å². The summed E-state index contributed by atoms with van der Waals surface area (Å²) in [6.07, 6.45) is 3.42. The van der Waals surface area contributed by atoms with Gasteiger partial charge in [-0.3, -0.25) is 18.5 Å². The molecule has 2 N–H and O–H groups in total. The van der Waals surface area contributed by atoms with Crippen LogP contribution in [-0.4, -0.2) is 37.8 Å². The summed E-state index contributed by atoms with van der Waals surface area (Å²) in [5.74, 6) is 7.05. The van der Waals surface area contributed by atoms with Crippen LogP contribution in [0, 0.1) is 11.8 Å². The molecule has 0 unspecified atom stereocenters. The predicted octanol–water partition coefficient (Wildman–Crippen LogP) is 0.489. The van der Waals surface area contributed by atoms with Crippen LogP contribution in [0.15, 0.2) is 32.4 Å². The van der Waals surface area contributed by atoms with Gasteiger partial charge in [0.2, 0.25) is 5.95 Å². The maximum Gasteiger partial charge on any atom is 0.332 e. The van der Waals surface area contributed by atoms with Crippen molar-refractivity contribution in [1.29, 1.82) is 0 Å². The van der Waals surface area contributed by atoms with E-state index in [0.717, 1.165) is 19.4 Å². The normalized spacial score (nSPS) is 16.8. The summed E-state index contributed by atoms with van der Waals surface area (Å²) in [5, 5.41) is 0. The predicted molar refractivity (Wildman–Crippen MR) is 110 cm³/mol. The first-order chi connectivity index (χ1) is 14.0. The summed E-state index contributed by atoms with van der Waals surface area (Å²) in [6.45, 7) is 3.56. The molecule has 1 aliphatic rings. The Balaban J connectivity index is 1.94. The lowest BCUT2D eigenvalue weighted by molar-refractivity contribution is 0.480. The van der Waals surface area contributed by atoms with Gasteiger partial charge in [0.05, 0.1) is 19.4 Å². The van der Waals surface area contributed by atoms with Gasteiger partial charge >= 0.3 is 5.69 Å². The van der Waals surface area contributed by atoms with Crippen LogP contribution in [0.3, 0.4) is 0 Å². The zero-order valence-corrected chi connectivity index (χ0v) is 16.6. The van der Waals surface area contributed by atoms with Crippen molar-refractivity contribution >= 4 is 17.1 Å². The number of furan rings is 1. The highest BCUT2D eigenvalue weighted by atomic mass is 16.3. The zero-order valence-electron chi connectivity index (χ0n) is 16.6. The summed E-state index contributed by atoms with van der Waals surface area (Å²) in [5.41, 5.74) is 6.02. The number of fused-ring (bicyclic) bond motifs is 1. The van der Waals surface area contributed by atoms with Crippen LogP contribution >= 0.6 is 0 Å². The van der Waals surface area contributed by atoms with Crippen molar-refractivity contribution in [3.8, 4) is 11.8 Å². The number of imidazole rings is 1. The number of nitrogens with two attached hydrogens (primary N) is 1. The number of aryl methyl sites for hydroxylation is 1. The van der Waals surface area contributed by atoms with Crippen LogP contribution in [-0.2, 0) is 20.1 Å². The highest BCUT2D eigenvalue weighted by Crippen LogP contribution is 2.22. The van der Waals surface area contributed by atoms with Crippen LogP contribution in [0.5, 0.6) is 0 Å². The Hall–Kier alpha value is -3.25. The molecule has 4 heterocycles. The molecule has 3 aromatic heterocycles. The van der Waals surface area contributed by atoms with Crippen LogP contribution in [0.2, 0.25) is 0 Å². The molecule has 1 aliphatic heterocycles. The first-order valence-electron chi connectivity index (χ1n) is 9.63. The topological polar surface area (TPSA) is 104 Å². The van der Waals surface area contributed by atoms with E-state index in [1.54, 1.807) is 30.7 Å². The van der Waals surface area contributed by atoms with Gasteiger partial charge in [0.25, 0.3) is 5.56 Å². The molecular weight excluding hydrogens is 372 g/mol. The molecule has 1 fully saturated rings. The number of nitrogens with zero attached hydrogens (tertiary/aromatic N) is 5. The first kappa shape index (κ1) is 19.1. The minimum Gasteiger partial charge on any atom is -0.467 e. The quantitative estimate of drug-likeness (QED) is 0.644. The number of anilines is 1. The van der Waals surface area contributed by atoms with Crippen LogP contribution < -0.4 is 21.9 Å². The molecule has 1 saturated heterocycles. The van der Waals surface area contributed by atoms with Crippen molar-refractivity contribution in [2.75, 3.05) is 18.0 Å². The standard InChI is InChI=1S/C20H24N6O3/c1-3-4-10-25-16-17(22-19(25)24-9-5-7-14(21)12-24)23(2)20(28)26(18(16)27)13-15-8-6-11-29-15/h6,8,11,14H,5,7,9-10,12-13,21H2,1-2H3/t14-/m1/s1. The summed E-state index contributed by atoms with van der Waals surface area (Å²) >= 11 is 0. The lowest BCUT2D eigenvalue weighted by atomic mass is 10.1. The van der Waals surface area contributed by atoms with Crippen molar-refractivity contribution < 1.29 is 4.42 Å². The molecule has 0 saturated carbocycles. The van der Waals surface area contributed by atoms with Gasteiger partial charge in [-0.25, -0.2) is 4.79 Å². The van der Waals surface area contributed by atoms with Crippen LogP contribution in [0.25, 0.3) is 11.2 Å². The third kappa shape index (κ3) is 3.36. The van der Waals surface area contributed by atoms with Crippen LogP contribution in [0.4, 0.5) is 5.95 Å². The molecule has 152 valence electrons. The lowest BCUT2D eigenvalue weighted by Gasteiger charge is -2.31. The third-order valence-corrected chi connectivity index (χ3v) is 5.26. The number of rotatable bonds is 4. The van der Waals surface area contributed by atoms with E-state index in [9.17, 15) is 9.59 Å². The molecule has 29 heavy (non-hydrogen) atoms. The molecule has 9 nitrogen and oxygen atoms in total. The van der Waals surface area contributed by atoms with E-state index in [2.05, 4.69) is 21.7 Å². The maximum absolute atomic E-state index is 13.3. The minimum atomic E-state index is -0.438. The zero-order chi connectivity index (χ0) is 20.5. The molecule has 0 aromatic carbocycles. The van der Waals surface area contributed by atoms with Gasteiger partial charge in [0.15, 0.2) is 11.2 Å². The fraction of sp³-hybridized carbons (Fsp3) is 0.450. The Morgan fingerprint density at radius 2 is 2.17 bits per heavy atom. The summed E-state index contributed by atoms with van der Waals surface area (Å²) in [7, 11) is 1.62. The summed E-state index contributed by atoms with van der Waals surface area (Å²) < 4.78 is 9.70. The summed E-state index contributed by atoms with van der Waals surface area (Å²) in [6, 6.07) is 3.51. The molecular formula is C20H24N6O3. The monoisotopic (exact) mass is 396 g/mol. The van der Waals surface area contributed by atoms with E-state index in [1.807, 2.05) is 0 Å². The van der Waals surface area contributed by atoms with Gasteiger partial charge in [0, 0.05) is 26.2 Å². The molecule has 1 atom stereocenters. The van der Waals surface area contributed by atoms with Gasteiger partial charge in [-0.1, -0.05) is 5.92 Å². The Labute approximate surface area is 167 Å². The van der Waals surface area contributed by atoms with Crippen molar-refractivity contribution in [2.45, 2.75) is 38.9 Å². The number of hydrogen-bond donors (Lipinski definition) is 1. The molecule has 0 radical (unpaired) electrons. The van der Waals surface area contributed by atoms with E-state index in [-0.39, 0.29) is 12.6 Å². The van der Waals surface area contributed by atoms with Crippen molar-refractivity contribution in [2.24, 2.45) is 12.8 Å². The van der Waals surface area contributed by atoms with Gasteiger partial charge < -0.3 is 15.1 Å². The van der Waals surface area contributed by atoms with Crippen molar-refractivity contribution in [3.63, 3.8) is 0 Å². The number of piperidine rings is 1. The average molecular weight is 396 g/mol. The van der Waals surface area contributed by atoms with E-state index in [1.165, 1.54) is 15.4 Å². The van der Waals surface area contributed by atoms with Crippen molar-refractivity contribution in [3.05, 3.63) is 45.0 Å². The van der Waals surface area contributed by atoms with Gasteiger partial charge in [-0.2, -0.15) is 4.98 Å². The second kappa shape index (κ2) is 7.64. The second-order valence-corrected chi connectivity index (χ2v) is 7.26. The largest absolute Gasteiger partial charge is 0.467 e. The summed E-state index contributed by atoms with van der Waals surface area (Å²) in [4.78, 5) is 32.9. The number of aromatic nitrogens is 4. The fourth-order valence-corrected chi connectivity index (χ4v) is 3.80. The third-order valence-electron chi connectivity index (χ3n) is 5.26. The second-order valence-electron chi connectivity index (χ2n) is 7.26. The minimum absolute atomic E-state index is 0.0497. The van der Waals surface area contributed by atoms with Gasteiger partial charge in [-0.15, -0.1) is 5.92 Å². The smallest absolute Gasteiger partial charge is 0.332 e. The van der Waals surface area contributed by atoms with Crippen molar-refractivity contribution in [1.82, 2.24) is 18.7 Å².